The van der Waals surface area contributed by atoms with Crippen LogP contribution < -0.4 is 10.6 Å². The van der Waals surface area contributed by atoms with E-state index in [1.54, 1.807) is 12.1 Å². The molecule has 2 amide bonds. The molecular weight excluding hydrogens is 408 g/mol. The molecule has 0 unspecified atom stereocenters. The van der Waals surface area contributed by atoms with Gasteiger partial charge in [0.1, 0.15) is 5.75 Å². The van der Waals surface area contributed by atoms with E-state index in [1.807, 2.05) is 12.1 Å². The fraction of sp³-hybridized carbons (Fsp3) is 0.333. The number of aromatic hydroxyl groups is 1. The molecule has 0 aliphatic rings. The van der Waals surface area contributed by atoms with Gasteiger partial charge in [-0.1, -0.05) is 49.3 Å². The number of amides is 2. The second-order valence-corrected chi connectivity index (χ2v) is 7.80. The molecule has 0 saturated carbocycles. The molecule has 2 aromatic carbocycles. The van der Waals surface area contributed by atoms with E-state index in [9.17, 15) is 14.7 Å². The van der Waals surface area contributed by atoms with E-state index in [0.29, 0.717) is 49.1 Å². The van der Waals surface area contributed by atoms with Crippen molar-refractivity contribution in [3.05, 3.63) is 65.5 Å². The molecule has 1 heterocycles. The highest BCUT2D eigenvalue weighted by atomic mass is 16.5. The second kappa shape index (κ2) is 11.1. The summed E-state index contributed by atoms with van der Waals surface area (Å²) in [6.07, 6.45) is 1.19. The zero-order chi connectivity index (χ0) is 22.9. The zero-order valence-electron chi connectivity index (χ0n) is 18.3. The standard InChI is InChI=1S/C24H28N4O4/c1-16(2)17-7-9-18(10-8-17)23-27-22(32-28-23)12-11-21(30)25-13-4-14-26-24(31)19-5-3-6-20(29)15-19/h3,5-10,15-16,29H,4,11-14H2,1-2H3,(H,25,30)(H,26,31). The van der Waals surface area contributed by atoms with Crippen LogP contribution in [0.15, 0.2) is 53.1 Å². The topological polar surface area (TPSA) is 117 Å². The van der Waals surface area contributed by atoms with Crippen LogP contribution in [0, 0.1) is 0 Å². The predicted octanol–water partition coefficient (Wildman–Crippen LogP) is 3.43. The van der Waals surface area contributed by atoms with E-state index in [-0.39, 0.29) is 24.0 Å². The minimum atomic E-state index is -0.265. The van der Waals surface area contributed by atoms with Gasteiger partial charge in [-0.3, -0.25) is 9.59 Å². The molecule has 0 fully saturated rings. The molecule has 3 aromatic rings. The van der Waals surface area contributed by atoms with Crippen molar-refractivity contribution >= 4 is 11.8 Å². The Balaban J connectivity index is 1.34. The van der Waals surface area contributed by atoms with Gasteiger partial charge in [0.15, 0.2) is 0 Å². The molecule has 0 saturated heterocycles. The minimum absolute atomic E-state index is 0.0438. The molecule has 0 bridgehead atoms. The Labute approximate surface area is 187 Å². The van der Waals surface area contributed by atoms with Crippen molar-refractivity contribution < 1.29 is 19.2 Å². The highest BCUT2D eigenvalue weighted by Gasteiger charge is 2.11. The molecular formula is C24H28N4O4. The van der Waals surface area contributed by atoms with Gasteiger partial charge in [0, 0.05) is 37.1 Å². The van der Waals surface area contributed by atoms with Crippen LogP contribution in [0.5, 0.6) is 5.75 Å². The lowest BCUT2D eigenvalue weighted by Gasteiger charge is -2.07. The number of carbonyl (C=O) groups excluding carboxylic acids is 2. The van der Waals surface area contributed by atoms with Crippen molar-refractivity contribution in [3.63, 3.8) is 0 Å². The van der Waals surface area contributed by atoms with E-state index >= 15 is 0 Å². The number of aryl methyl sites for hydroxylation is 1. The first kappa shape index (κ1) is 23.0. The third kappa shape index (κ3) is 6.66. The molecule has 3 rings (SSSR count). The van der Waals surface area contributed by atoms with Gasteiger partial charge in [-0.15, -0.1) is 0 Å². The molecule has 0 aliphatic carbocycles. The monoisotopic (exact) mass is 436 g/mol. The van der Waals surface area contributed by atoms with E-state index in [2.05, 4.69) is 46.8 Å². The Morgan fingerprint density at radius 3 is 2.53 bits per heavy atom. The van der Waals surface area contributed by atoms with Crippen molar-refractivity contribution in [3.8, 4) is 17.1 Å². The van der Waals surface area contributed by atoms with Gasteiger partial charge in [0.2, 0.25) is 17.6 Å². The van der Waals surface area contributed by atoms with Crippen molar-refractivity contribution in [1.29, 1.82) is 0 Å². The lowest BCUT2D eigenvalue weighted by molar-refractivity contribution is -0.121. The maximum absolute atomic E-state index is 12.0. The van der Waals surface area contributed by atoms with Gasteiger partial charge in [-0.2, -0.15) is 4.98 Å². The van der Waals surface area contributed by atoms with Crippen molar-refractivity contribution in [2.75, 3.05) is 13.1 Å². The van der Waals surface area contributed by atoms with Gasteiger partial charge in [0.25, 0.3) is 5.91 Å². The quantitative estimate of drug-likeness (QED) is 0.419. The Hall–Kier alpha value is -3.68. The van der Waals surface area contributed by atoms with Crippen molar-refractivity contribution in [2.45, 2.75) is 39.0 Å². The first-order valence-corrected chi connectivity index (χ1v) is 10.7. The van der Waals surface area contributed by atoms with E-state index in [0.717, 1.165) is 5.56 Å². The molecule has 0 aliphatic heterocycles. The summed E-state index contributed by atoms with van der Waals surface area (Å²) in [5.74, 6) is 1.04. The number of aromatic nitrogens is 2. The number of phenols is 1. The maximum atomic E-state index is 12.0. The first-order valence-electron chi connectivity index (χ1n) is 10.7. The number of nitrogens with one attached hydrogen (secondary N) is 2. The summed E-state index contributed by atoms with van der Waals surface area (Å²) in [6, 6.07) is 14.2. The number of carbonyl (C=O) groups is 2. The molecule has 32 heavy (non-hydrogen) atoms. The summed E-state index contributed by atoms with van der Waals surface area (Å²) in [4.78, 5) is 28.4. The average Bonchev–Trinajstić information content (AvgIpc) is 3.26. The van der Waals surface area contributed by atoms with E-state index in [1.165, 1.54) is 17.7 Å². The number of hydrogen-bond acceptors (Lipinski definition) is 6. The van der Waals surface area contributed by atoms with Gasteiger partial charge < -0.3 is 20.3 Å². The van der Waals surface area contributed by atoms with Crippen LogP contribution in [-0.4, -0.2) is 40.2 Å². The number of phenolic OH excluding ortho intramolecular Hbond substituents is 1. The van der Waals surface area contributed by atoms with E-state index in [4.69, 9.17) is 4.52 Å². The zero-order valence-corrected chi connectivity index (χ0v) is 18.3. The Morgan fingerprint density at radius 1 is 1.06 bits per heavy atom. The molecule has 8 nitrogen and oxygen atoms in total. The van der Waals surface area contributed by atoms with Crippen molar-refractivity contribution in [2.24, 2.45) is 0 Å². The average molecular weight is 437 g/mol. The molecule has 3 N–H and O–H groups in total. The number of benzene rings is 2. The maximum Gasteiger partial charge on any atom is 0.251 e. The number of rotatable bonds is 10. The van der Waals surface area contributed by atoms with Gasteiger partial charge in [0.05, 0.1) is 0 Å². The molecule has 0 spiro atoms. The van der Waals surface area contributed by atoms with Gasteiger partial charge in [-0.25, -0.2) is 0 Å². The highest BCUT2D eigenvalue weighted by Crippen LogP contribution is 2.20. The summed E-state index contributed by atoms with van der Waals surface area (Å²) >= 11 is 0. The normalized spacial score (nSPS) is 10.8. The summed E-state index contributed by atoms with van der Waals surface area (Å²) < 4.78 is 5.26. The SMILES string of the molecule is CC(C)c1ccc(-c2noc(CCC(=O)NCCCNC(=O)c3cccc(O)c3)n2)cc1. The molecule has 0 atom stereocenters. The lowest BCUT2D eigenvalue weighted by Crippen LogP contribution is -2.30. The van der Waals surface area contributed by atoms with E-state index < -0.39 is 0 Å². The lowest BCUT2D eigenvalue weighted by atomic mass is 10.0. The minimum Gasteiger partial charge on any atom is -0.508 e. The van der Waals surface area contributed by atoms with Crippen LogP contribution in [0.3, 0.4) is 0 Å². The molecule has 0 radical (unpaired) electrons. The molecule has 1 aromatic heterocycles. The molecule has 168 valence electrons. The second-order valence-electron chi connectivity index (χ2n) is 7.80. The highest BCUT2D eigenvalue weighted by molar-refractivity contribution is 5.94. The summed E-state index contributed by atoms with van der Waals surface area (Å²) in [7, 11) is 0. The summed E-state index contributed by atoms with van der Waals surface area (Å²) in [5.41, 5.74) is 2.51. The van der Waals surface area contributed by atoms with Crippen molar-refractivity contribution in [1.82, 2.24) is 20.8 Å². The smallest absolute Gasteiger partial charge is 0.251 e. The fourth-order valence-electron chi connectivity index (χ4n) is 3.07. The fourth-order valence-corrected chi connectivity index (χ4v) is 3.07. The Kier molecular flexibility index (Phi) is 7.96. The van der Waals surface area contributed by atoms with Crippen LogP contribution in [0.4, 0.5) is 0 Å². The first-order chi connectivity index (χ1) is 15.4. The van der Waals surface area contributed by atoms with Crippen LogP contribution >= 0.6 is 0 Å². The van der Waals surface area contributed by atoms with Crippen LogP contribution in [0.25, 0.3) is 11.4 Å². The third-order valence-corrected chi connectivity index (χ3v) is 4.94. The number of nitrogens with zero attached hydrogens (tertiary/aromatic N) is 2. The van der Waals surface area contributed by atoms with Gasteiger partial charge in [-0.05, 0) is 36.1 Å². The van der Waals surface area contributed by atoms with Gasteiger partial charge >= 0.3 is 0 Å². The van der Waals surface area contributed by atoms with Crippen LogP contribution in [0.2, 0.25) is 0 Å². The van der Waals surface area contributed by atoms with Crippen LogP contribution in [-0.2, 0) is 11.2 Å². The predicted molar refractivity (Wildman–Crippen MR) is 120 cm³/mol. The van der Waals surface area contributed by atoms with Crippen LogP contribution in [0.1, 0.15) is 54.4 Å². The third-order valence-electron chi connectivity index (χ3n) is 4.94. The molecule has 8 heteroatoms. The Morgan fingerprint density at radius 2 is 1.81 bits per heavy atom. The Bertz CT molecular complexity index is 1040. The summed E-state index contributed by atoms with van der Waals surface area (Å²) in [5, 5.41) is 19.0. The summed E-state index contributed by atoms with van der Waals surface area (Å²) in [6.45, 7) is 5.13. The largest absolute Gasteiger partial charge is 0.508 e. The number of hydrogen-bond donors (Lipinski definition) is 3.